The fraction of sp³-hybridized carbons (Fsp3) is 0.405. The van der Waals surface area contributed by atoms with Crippen molar-refractivity contribution in [3.8, 4) is 39.3 Å². The van der Waals surface area contributed by atoms with Crippen LogP contribution in [-0.4, -0.2) is 51.7 Å². The Morgan fingerprint density at radius 2 is 1.52 bits per heavy atom. The highest BCUT2D eigenvalue weighted by Crippen LogP contribution is 2.61. The average Bonchev–Trinajstić information content (AvgIpc) is 3.99. The van der Waals surface area contributed by atoms with Gasteiger partial charge in [-0.2, -0.15) is 0 Å². The monoisotopic (exact) mass is 668 g/mol. The Bertz CT molecular complexity index is 2040. The lowest BCUT2D eigenvalue weighted by molar-refractivity contribution is -0.135. The first-order valence-electron chi connectivity index (χ1n) is 18.3. The van der Waals surface area contributed by atoms with E-state index in [1.807, 2.05) is 31.0 Å². The molecule has 1 saturated heterocycles. The lowest BCUT2D eigenvalue weighted by Crippen LogP contribution is -2.51. The minimum atomic E-state index is -0.664. The molecule has 8 nitrogen and oxygen atoms in total. The van der Waals surface area contributed by atoms with E-state index in [0.29, 0.717) is 36.0 Å². The molecule has 4 aliphatic carbocycles. The molecule has 0 radical (unpaired) electrons. The maximum absolute atomic E-state index is 13.6. The van der Waals surface area contributed by atoms with E-state index >= 15 is 0 Å². The quantitative estimate of drug-likeness (QED) is 0.171. The largest absolute Gasteiger partial charge is 0.508 e. The van der Waals surface area contributed by atoms with Gasteiger partial charge in [0.1, 0.15) is 17.6 Å². The van der Waals surface area contributed by atoms with E-state index in [1.54, 1.807) is 0 Å². The molecule has 3 aromatic carbocycles. The van der Waals surface area contributed by atoms with Gasteiger partial charge in [-0.3, -0.25) is 4.79 Å². The summed E-state index contributed by atoms with van der Waals surface area (Å²) < 4.78 is 4.78. The van der Waals surface area contributed by atoms with Crippen LogP contribution >= 0.6 is 0 Å². The van der Waals surface area contributed by atoms with Crippen molar-refractivity contribution >= 4 is 12.0 Å². The van der Waals surface area contributed by atoms with E-state index in [2.05, 4.69) is 64.9 Å². The average molecular weight is 669 g/mol. The maximum atomic E-state index is 13.6. The normalized spacial score (nSPS) is 24.6. The highest BCUT2D eigenvalue weighted by Gasteiger charge is 2.43. The SMILES string of the molecule is COC(=O)N[C@H](C(=O)N1CCC[C@H]1c1ncc(-c2ccc(-c3ccc(-c4ccc(O)c5c4C4CCC5C4)c4c3C3C=CC4C3)cc2)[nH]1)C(C)C. The van der Waals surface area contributed by atoms with Crippen LogP contribution in [-0.2, 0) is 9.53 Å². The van der Waals surface area contributed by atoms with Gasteiger partial charge < -0.3 is 25.0 Å². The minimum absolute atomic E-state index is 0.0826. The van der Waals surface area contributed by atoms with Crippen molar-refractivity contribution in [3.05, 3.63) is 95.0 Å². The number of phenolic OH excluding ortho intramolecular Hbond substituents is 1. The molecule has 50 heavy (non-hydrogen) atoms. The molecule has 2 heterocycles. The number of carbonyl (C=O) groups excluding carboxylic acids is 2. The number of methoxy groups -OCH3 is 1. The lowest BCUT2D eigenvalue weighted by atomic mass is 9.80. The van der Waals surface area contributed by atoms with Gasteiger partial charge in [0.05, 0.1) is 25.0 Å². The number of phenols is 1. The summed E-state index contributed by atoms with van der Waals surface area (Å²) in [6, 6.07) is 16.7. The Morgan fingerprint density at radius 3 is 2.26 bits per heavy atom. The second-order valence-corrected chi connectivity index (χ2v) is 15.3. The standard InChI is InChI=1S/C42H44N4O4/c1-22(2)39(45-42(49)50-3)41(48)46-18-4-5-33(46)40-43-21-32(44-40)24-8-6-23(7-9-24)29-14-15-30(36-26-11-10-25(19-26)35(29)36)31-16-17-34(47)38-28-13-12-27(20-28)37(31)38/h6-11,14-17,21-22,25-28,33,39,47H,4-5,12-13,18-20H2,1-3H3,(H,43,44)(H,45,49)/t25?,26?,27?,28?,33-,39-/m0/s1. The van der Waals surface area contributed by atoms with Crippen LogP contribution in [0.3, 0.4) is 0 Å². The number of rotatable bonds is 7. The smallest absolute Gasteiger partial charge is 0.407 e. The first kappa shape index (κ1) is 31.2. The number of aromatic hydroxyl groups is 1. The van der Waals surface area contributed by atoms with Gasteiger partial charge in [-0.15, -0.1) is 0 Å². The summed E-state index contributed by atoms with van der Waals surface area (Å²) in [6.07, 6.45) is 12.5. The van der Waals surface area contributed by atoms with Gasteiger partial charge >= 0.3 is 6.09 Å². The summed E-state index contributed by atoms with van der Waals surface area (Å²) >= 11 is 0. The van der Waals surface area contributed by atoms with Crippen molar-refractivity contribution in [1.82, 2.24) is 20.2 Å². The molecule has 4 bridgehead atoms. The predicted octanol–water partition coefficient (Wildman–Crippen LogP) is 8.67. The predicted molar refractivity (Wildman–Crippen MR) is 193 cm³/mol. The molecule has 9 rings (SSSR count). The number of H-pyrrole nitrogens is 1. The Labute approximate surface area is 293 Å². The minimum Gasteiger partial charge on any atom is -0.508 e. The molecule has 0 spiro atoms. The van der Waals surface area contributed by atoms with Gasteiger partial charge in [0.2, 0.25) is 5.91 Å². The number of aromatic amines is 1. The zero-order valence-electron chi connectivity index (χ0n) is 28.9. The number of hydrogen-bond acceptors (Lipinski definition) is 5. The van der Waals surface area contributed by atoms with Crippen molar-refractivity contribution in [2.24, 2.45) is 5.92 Å². The third-order valence-corrected chi connectivity index (χ3v) is 12.3. The van der Waals surface area contributed by atoms with Crippen molar-refractivity contribution in [2.75, 3.05) is 13.7 Å². The zero-order valence-corrected chi connectivity index (χ0v) is 28.9. The van der Waals surface area contributed by atoms with Crippen LogP contribution < -0.4 is 5.32 Å². The molecular formula is C42H44N4O4. The van der Waals surface area contributed by atoms with E-state index in [0.717, 1.165) is 36.3 Å². The van der Waals surface area contributed by atoms with E-state index in [9.17, 15) is 14.7 Å². The highest BCUT2D eigenvalue weighted by atomic mass is 16.5. The number of imidazole rings is 1. The molecule has 8 heteroatoms. The van der Waals surface area contributed by atoms with E-state index in [-0.39, 0.29) is 17.9 Å². The number of hydrogen-bond donors (Lipinski definition) is 3. The number of benzene rings is 3. The lowest BCUT2D eigenvalue weighted by Gasteiger charge is -2.30. The molecule has 4 unspecified atom stereocenters. The molecule has 5 aliphatic rings. The number of ether oxygens (including phenoxy) is 1. The van der Waals surface area contributed by atoms with Gasteiger partial charge in [0.25, 0.3) is 0 Å². The van der Waals surface area contributed by atoms with Crippen LogP contribution in [0.2, 0.25) is 0 Å². The van der Waals surface area contributed by atoms with Crippen LogP contribution in [0, 0.1) is 5.92 Å². The summed E-state index contributed by atoms with van der Waals surface area (Å²) in [6.45, 7) is 4.47. The highest BCUT2D eigenvalue weighted by molar-refractivity contribution is 5.87. The number of amides is 2. The van der Waals surface area contributed by atoms with Crippen LogP contribution in [0.15, 0.2) is 66.9 Å². The number of carbonyl (C=O) groups is 2. The first-order valence-corrected chi connectivity index (χ1v) is 18.3. The van der Waals surface area contributed by atoms with Gasteiger partial charge in [0.15, 0.2) is 0 Å². The molecule has 2 fully saturated rings. The molecule has 1 saturated carbocycles. The molecule has 2 amide bonds. The van der Waals surface area contributed by atoms with Gasteiger partial charge in [0, 0.05) is 23.9 Å². The van der Waals surface area contributed by atoms with Crippen LogP contribution in [0.4, 0.5) is 4.79 Å². The Balaban J connectivity index is 0.996. The van der Waals surface area contributed by atoms with Crippen molar-refractivity contribution < 1.29 is 19.4 Å². The third kappa shape index (κ3) is 4.82. The van der Waals surface area contributed by atoms with Crippen LogP contribution in [0.1, 0.15) is 110 Å². The van der Waals surface area contributed by atoms with Gasteiger partial charge in [-0.1, -0.05) is 68.5 Å². The van der Waals surface area contributed by atoms with E-state index in [4.69, 9.17) is 9.72 Å². The van der Waals surface area contributed by atoms with Crippen molar-refractivity contribution in [2.45, 2.75) is 88.1 Å². The number of nitrogens with one attached hydrogen (secondary N) is 2. The summed E-state index contributed by atoms with van der Waals surface area (Å²) in [5, 5.41) is 13.6. The van der Waals surface area contributed by atoms with Gasteiger partial charge in [-0.25, -0.2) is 9.78 Å². The fourth-order valence-electron chi connectivity index (χ4n) is 9.96. The number of likely N-dealkylation sites (tertiary alicyclic amines) is 1. The Kier molecular flexibility index (Phi) is 7.41. The Hall–Kier alpha value is -4.85. The van der Waals surface area contributed by atoms with Crippen LogP contribution in [0.5, 0.6) is 5.75 Å². The Morgan fingerprint density at radius 1 is 0.860 bits per heavy atom. The number of aromatic nitrogens is 2. The number of fused-ring (bicyclic) bond motifs is 10. The molecular weight excluding hydrogens is 624 g/mol. The molecule has 4 aromatic rings. The van der Waals surface area contributed by atoms with Crippen LogP contribution in [0.25, 0.3) is 33.5 Å². The molecule has 3 N–H and O–H groups in total. The number of alkyl carbamates (subject to hydrolysis) is 1. The second kappa shape index (κ2) is 11.9. The van der Waals surface area contributed by atoms with E-state index in [1.165, 1.54) is 70.9 Å². The molecule has 1 aromatic heterocycles. The summed E-state index contributed by atoms with van der Waals surface area (Å²) in [7, 11) is 1.31. The third-order valence-electron chi connectivity index (χ3n) is 12.3. The maximum Gasteiger partial charge on any atom is 0.407 e. The topological polar surface area (TPSA) is 108 Å². The molecule has 1 aliphatic heterocycles. The van der Waals surface area contributed by atoms with E-state index < -0.39 is 12.1 Å². The second-order valence-electron chi connectivity index (χ2n) is 15.3. The first-order chi connectivity index (χ1) is 24.3. The molecule has 6 atom stereocenters. The zero-order chi connectivity index (χ0) is 34.3. The van der Waals surface area contributed by atoms with Crippen molar-refractivity contribution in [1.29, 1.82) is 0 Å². The summed E-state index contributed by atoms with van der Waals surface area (Å²) in [5.74, 6) is 2.99. The summed E-state index contributed by atoms with van der Waals surface area (Å²) in [5.41, 5.74) is 12.7. The molecule has 256 valence electrons. The number of allylic oxidation sites excluding steroid dienone is 2. The number of nitrogens with zero attached hydrogens (tertiary/aromatic N) is 2. The van der Waals surface area contributed by atoms with Crippen molar-refractivity contribution in [3.63, 3.8) is 0 Å². The fourth-order valence-corrected chi connectivity index (χ4v) is 9.96. The summed E-state index contributed by atoms with van der Waals surface area (Å²) in [4.78, 5) is 35.7. The van der Waals surface area contributed by atoms with Gasteiger partial charge in [-0.05, 0) is 107 Å².